The van der Waals surface area contributed by atoms with Gasteiger partial charge in [0, 0.05) is 17.8 Å². The van der Waals surface area contributed by atoms with Crippen LogP contribution in [0.4, 0.5) is 5.69 Å². The molecule has 0 fully saturated rings. The van der Waals surface area contributed by atoms with Crippen LogP contribution < -0.4 is 10.6 Å². The van der Waals surface area contributed by atoms with E-state index in [4.69, 9.17) is 11.6 Å². The molecule has 0 aromatic heterocycles. The topological polar surface area (TPSA) is 67.4 Å². The van der Waals surface area contributed by atoms with Crippen LogP contribution in [0.5, 0.6) is 0 Å². The van der Waals surface area contributed by atoms with E-state index < -0.39 is 11.9 Å². The van der Waals surface area contributed by atoms with Gasteiger partial charge in [0.1, 0.15) is 5.70 Å². The van der Waals surface area contributed by atoms with E-state index >= 15 is 0 Å². The van der Waals surface area contributed by atoms with Crippen LogP contribution in [-0.2, 0) is 14.3 Å². The zero-order chi connectivity index (χ0) is 13.5. The number of nitrogens with one attached hydrogen (secondary N) is 2. The number of carbonyl (C=O) groups excluding carboxylic acids is 2. The minimum absolute atomic E-state index is 0.0756. The monoisotopic (exact) mass is 268 g/mol. The number of likely N-dealkylation sites (N-methyl/N-ethyl adjacent to an activating group) is 1. The first-order valence-electron chi connectivity index (χ1n) is 5.11. The SMILES string of the molecule is CNC(=O)/C(=C/C(=O)OC)Nc1cccc(Cl)c1. The number of hydrogen-bond donors (Lipinski definition) is 2. The van der Waals surface area contributed by atoms with Crippen molar-refractivity contribution >= 4 is 29.2 Å². The number of carbonyl (C=O) groups is 2. The van der Waals surface area contributed by atoms with Gasteiger partial charge in [-0.3, -0.25) is 4.79 Å². The standard InChI is InChI=1S/C12H13ClN2O3/c1-14-12(17)10(7-11(16)18-2)15-9-5-3-4-8(13)6-9/h3-7,15H,1-2H3,(H,14,17)/b10-7-. The first kappa shape index (κ1) is 14.1. The number of halogens is 1. The van der Waals surface area contributed by atoms with E-state index in [0.717, 1.165) is 6.08 Å². The highest BCUT2D eigenvalue weighted by Crippen LogP contribution is 2.16. The van der Waals surface area contributed by atoms with Crippen molar-refractivity contribution in [3.63, 3.8) is 0 Å². The van der Waals surface area contributed by atoms with Crippen molar-refractivity contribution in [2.45, 2.75) is 0 Å². The summed E-state index contributed by atoms with van der Waals surface area (Å²) in [7, 11) is 2.70. The molecule has 0 bridgehead atoms. The molecule has 2 N–H and O–H groups in total. The normalized spacial score (nSPS) is 10.7. The van der Waals surface area contributed by atoms with Gasteiger partial charge in [-0.15, -0.1) is 0 Å². The van der Waals surface area contributed by atoms with Crippen molar-refractivity contribution in [1.29, 1.82) is 0 Å². The summed E-state index contributed by atoms with van der Waals surface area (Å²) in [5.41, 5.74) is 0.674. The Morgan fingerprint density at radius 1 is 1.39 bits per heavy atom. The summed E-state index contributed by atoms with van der Waals surface area (Å²) in [5.74, 6) is -1.05. The Bertz CT molecular complexity index is 486. The molecule has 1 rings (SSSR count). The summed E-state index contributed by atoms with van der Waals surface area (Å²) in [6, 6.07) is 6.79. The number of methoxy groups -OCH3 is 1. The highest BCUT2D eigenvalue weighted by atomic mass is 35.5. The van der Waals surface area contributed by atoms with Crippen LogP contribution in [0.25, 0.3) is 0 Å². The number of benzene rings is 1. The second kappa shape index (κ2) is 6.66. The maximum Gasteiger partial charge on any atom is 0.332 e. The van der Waals surface area contributed by atoms with Gasteiger partial charge in [0.2, 0.25) is 0 Å². The van der Waals surface area contributed by atoms with Crippen LogP contribution in [-0.4, -0.2) is 26.0 Å². The second-order valence-electron chi connectivity index (χ2n) is 3.30. The quantitative estimate of drug-likeness (QED) is 0.642. The molecule has 0 atom stereocenters. The van der Waals surface area contributed by atoms with Crippen LogP contribution in [0.15, 0.2) is 36.0 Å². The van der Waals surface area contributed by atoms with Crippen molar-refractivity contribution in [3.05, 3.63) is 41.1 Å². The Hall–Kier alpha value is -2.01. The Labute approximate surface area is 110 Å². The van der Waals surface area contributed by atoms with E-state index in [-0.39, 0.29) is 5.70 Å². The van der Waals surface area contributed by atoms with E-state index in [1.54, 1.807) is 24.3 Å². The Kier molecular flexibility index (Phi) is 5.20. The van der Waals surface area contributed by atoms with Crippen molar-refractivity contribution < 1.29 is 14.3 Å². The predicted molar refractivity (Wildman–Crippen MR) is 69.2 cm³/mol. The van der Waals surface area contributed by atoms with Gasteiger partial charge in [0.25, 0.3) is 5.91 Å². The Balaban J connectivity index is 2.95. The van der Waals surface area contributed by atoms with E-state index in [1.165, 1.54) is 14.2 Å². The van der Waals surface area contributed by atoms with Gasteiger partial charge in [0.05, 0.1) is 13.2 Å². The maximum atomic E-state index is 11.6. The van der Waals surface area contributed by atoms with Crippen molar-refractivity contribution in [2.24, 2.45) is 0 Å². The summed E-state index contributed by atoms with van der Waals surface area (Å²) in [4.78, 5) is 22.7. The van der Waals surface area contributed by atoms with E-state index in [9.17, 15) is 9.59 Å². The number of amides is 1. The molecule has 0 saturated carbocycles. The summed E-state index contributed by atoms with van der Waals surface area (Å²) in [6.45, 7) is 0. The van der Waals surface area contributed by atoms with E-state index in [0.29, 0.717) is 10.7 Å². The van der Waals surface area contributed by atoms with Gasteiger partial charge in [-0.25, -0.2) is 4.79 Å². The Morgan fingerprint density at radius 2 is 2.11 bits per heavy atom. The average molecular weight is 269 g/mol. The summed E-state index contributed by atoms with van der Waals surface area (Å²) < 4.78 is 4.48. The molecule has 0 saturated heterocycles. The lowest BCUT2D eigenvalue weighted by atomic mass is 10.3. The smallest absolute Gasteiger partial charge is 0.332 e. The highest BCUT2D eigenvalue weighted by Gasteiger charge is 2.10. The van der Waals surface area contributed by atoms with Crippen LogP contribution in [0.2, 0.25) is 5.02 Å². The third-order valence-corrected chi connectivity index (χ3v) is 2.27. The fraction of sp³-hybridized carbons (Fsp3) is 0.167. The molecule has 0 spiro atoms. The third-order valence-electron chi connectivity index (χ3n) is 2.04. The minimum atomic E-state index is -0.622. The summed E-state index contributed by atoms with van der Waals surface area (Å²) in [6.07, 6.45) is 1.07. The van der Waals surface area contributed by atoms with Crippen molar-refractivity contribution in [3.8, 4) is 0 Å². The molecule has 0 aliphatic carbocycles. The molecule has 6 heteroatoms. The first-order chi connectivity index (χ1) is 8.56. The van der Waals surface area contributed by atoms with Crippen molar-refractivity contribution in [2.75, 3.05) is 19.5 Å². The molecule has 1 aromatic rings. The molecule has 0 heterocycles. The first-order valence-corrected chi connectivity index (χ1v) is 5.49. The Morgan fingerprint density at radius 3 is 2.67 bits per heavy atom. The molecule has 1 amide bonds. The number of hydrogen-bond acceptors (Lipinski definition) is 4. The predicted octanol–water partition coefficient (Wildman–Crippen LogP) is 1.55. The molecule has 0 radical (unpaired) electrons. The van der Waals surface area contributed by atoms with E-state index in [1.807, 2.05) is 0 Å². The molecule has 0 aliphatic heterocycles. The second-order valence-corrected chi connectivity index (χ2v) is 3.73. The van der Waals surface area contributed by atoms with Crippen molar-refractivity contribution in [1.82, 2.24) is 5.32 Å². The molecule has 96 valence electrons. The highest BCUT2D eigenvalue weighted by molar-refractivity contribution is 6.30. The lowest BCUT2D eigenvalue weighted by Gasteiger charge is -2.09. The molecule has 5 nitrogen and oxygen atoms in total. The van der Waals surface area contributed by atoms with Gasteiger partial charge in [-0.05, 0) is 18.2 Å². The molecule has 18 heavy (non-hydrogen) atoms. The van der Waals surface area contributed by atoms with Gasteiger partial charge < -0.3 is 15.4 Å². The molecule has 0 unspecified atom stereocenters. The van der Waals surface area contributed by atoms with Gasteiger partial charge in [-0.1, -0.05) is 17.7 Å². The molecule has 0 aliphatic rings. The van der Waals surface area contributed by atoms with Crippen LogP contribution in [0.3, 0.4) is 0 Å². The van der Waals surface area contributed by atoms with Gasteiger partial charge in [0.15, 0.2) is 0 Å². The summed E-state index contributed by atoms with van der Waals surface area (Å²) in [5, 5.41) is 5.74. The number of esters is 1. The summed E-state index contributed by atoms with van der Waals surface area (Å²) >= 11 is 5.82. The largest absolute Gasteiger partial charge is 0.466 e. The fourth-order valence-electron chi connectivity index (χ4n) is 1.19. The van der Waals surface area contributed by atoms with Gasteiger partial charge in [-0.2, -0.15) is 0 Å². The maximum absolute atomic E-state index is 11.6. The number of rotatable bonds is 4. The zero-order valence-electron chi connectivity index (χ0n) is 9.99. The molecular weight excluding hydrogens is 256 g/mol. The lowest BCUT2D eigenvalue weighted by molar-refractivity contribution is -0.135. The van der Waals surface area contributed by atoms with E-state index in [2.05, 4.69) is 15.4 Å². The average Bonchev–Trinajstić information content (AvgIpc) is 2.36. The fourth-order valence-corrected chi connectivity index (χ4v) is 1.38. The van der Waals surface area contributed by atoms with Crippen LogP contribution >= 0.6 is 11.6 Å². The zero-order valence-corrected chi connectivity index (χ0v) is 10.7. The molecular formula is C12H13ClN2O3. The van der Waals surface area contributed by atoms with Crippen LogP contribution in [0.1, 0.15) is 0 Å². The molecule has 1 aromatic carbocycles. The van der Waals surface area contributed by atoms with Gasteiger partial charge >= 0.3 is 5.97 Å². The third kappa shape index (κ3) is 4.10. The lowest BCUT2D eigenvalue weighted by Crippen LogP contribution is -2.25. The minimum Gasteiger partial charge on any atom is -0.466 e. The van der Waals surface area contributed by atoms with Crippen LogP contribution in [0, 0.1) is 0 Å². The number of ether oxygens (including phenoxy) is 1. The number of anilines is 1.